The van der Waals surface area contributed by atoms with Crippen LogP contribution in [0.15, 0.2) is 0 Å². The Balaban J connectivity index is 3.48. The van der Waals surface area contributed by atoms with E-state index in [1.165, 1.54) is 0 Å². The van der Waals surface area contributed by atoms with Crippen LogP contribution < -0.4 is 10.9 Å². The maximum absolute atomic E-state index is 10.8. The lowest BCUT2D eigenvalue weighted by molar-refractivity contribution is 0.579. The van der Waals surface area contributed by atoms with E-state index in [2.05, 4.69) is 5.10 Å². The van der Waals surface area contributed by atoms with Crippen molar-refractivity contribution in [2.24, 2.45) is 5.14 Å². The van der Waals surface area contributed by atoms with Crippen LogP contribution in [-0.2, 0) is 10.2 Å². The average Bonchev–Trinajstić information content (AvgIpc) is 2.15. The maximum Gasteiger partial charge on any atom is 0.318 e. The molecule has 0 atom stereocenters. The van der Waals surface area contributed by atoms with E-state index < -0.39 is 10.2 Å². The highest BCUT2D eigenvalue weighted by Crippen LogP contribution is 2.14. The van der Waals surface area contributed by atoms with Crippen molar-refractivity contribution < 1.29 is 8.42 Å². The van der Waals surface area contributed by atoms with Crippen molar-refractivity contribution in [2.75, 3.05) is 5.73 Å². The average molecular weight is 190 g/mol. The van der Waals surface area contributed by atoms with Crippen molar-refractivity contribution in [1.82, 2.24) is 9.19 Å². The van der Waals surface area contributed by atoms with Crippen LogP contribution in [-0.4, -0.2) is 17.6 Å². The summed E-state index contributed by atoms with van der Waals surface area (Å²) >= 11 is 0. The lowest BCUT2D eigenvalue weighted by atomic mass is 10.3. The second-order valence-electron chi connectivity index (χ2n) is 2.47. The van der Waals surface area contributed by atoms with Gasteiger partial charge in [0.1, 0.15) is 0 Å². The van der Waals surface area contributed by atoms with Crippen LogP contribution in [0.1, 0.15) is 11.4 Å². The first-order valence-electron chi connectivity index (χ1n) is 3.19. The second-order valence-corrected chi connectivity index (χ2v) is 3.85. The molecule has 1 heterocycles. The van der Waals surface area contributed by atoms with Gasteiger partial charge in [-0.3, -0.25) is 0 Å². The zero-order valence-electron chi connectivity index (χ0n) is 6.77. The van der Waals surface area contributed by atoms with Crippen LogP contribution in [0.3, 0.4) is 0 Å². The minimum atomic E-state index is -3.81. The molecule has 0 amide bonds. The molecular weight excluding hydrogens is 180 g/mol. The highest BCUT2D eigenvalue weighted by Gasteiger charge is 2.15. The van der Waals surface area contributed by atoms with Gasteiger partial charge < -0.3 is 5.73 Å². The summed E-state index contributed by atoms with van der Waals surface area (Å²) in [6.07, 6.45) is 0. The third kappa shape index (κ3) is 1.28. The van der Waals surface area contributed by atoms with Crippen LogP contribution in [0, 0.1) is 13.8 Å². The standard InChI is InChI=1S/C5H10N4O2S/c1-3-5(6)4(2)9(8-3)12(7,10)11/h6H2,1-2H3,(H2,7,10,11). The number of nitrogen functional groups attached to an aromatic ring is 1. The van der Waals surface area contributed by atoms with Gasteiger partial charge in [0.25, 0.3) is 0 Å². The molecule has 6 nitrogen and oxygen atoms in total. The fourth-order valence-electron chi connectivity index (χ4n) is 0.878. The Morgan fingerprint density at radius 1 is 1.42 bits per heavy atom. The Morgan fingerprint density at radius 3 is 2.08 bits per heavy atom. The van der Waals surface area contributed by atoms with Gasteiger partial charge in [-0.15, -0.1) is 4.09 Å². The molecule has 12 heavy (non-hydrogen) atoms. The molecule has 0 aliphatic heterocycles. The van der Waals surface area contributed by atoms with Gasteiger partial charge in [0.2, 0.25) is 0 Å². The summed E-state index contributed by atoms with van der Waals surface area (Å²) in [5.41, 5.74) is 6.65. The van der Waals surface area contributed by atoms with E-state index >= 15 is 0 Å². The molecule has 0 aromatic carbocycles. The molecule has 0 radical (unpaired) electrons. The maximum atomic E-state index is 10.8. The Labute approximate surface area is 70.3 Å². The second kappa shape index (κ2) is 2.46. The highest BCUT2D eigenvalue weighted by atomic mass is 32.2. The first-order valence-corrected chi connectivity index (χ1v) is 4.69. The molecule has 0 bridgehead atoms. The van der Waals surface area contributed by atoms with E-state index in [0.717, 1.165) is 4.09 Å². The van der Waals surface area contributed by atoms with Crippen molar-refractivity contribution in [3.8, 4) is 0 Å². The molecule has 0 fully saturated rings. The highest BCUT2D eigenvalue weighted by molar-refractivity contribution is 7.87. The molecule has 0 aliphatic carbocycles. The first kappa shape index (κ1) is 9.01. The molecule has 68 valence electrons. The van der Waals surface area contributed by atoms with Gasteiger partial charge in [-0.2, -0.15) is 13.5 Å². The number of anilines is 1. The largest absolute Gasteiger partial charge is 0.396 e. The van der Waals surface area contributed by atoms with Crippen LogP contribution in [0.2, 0.25) is 0 Å². The summed E-state index contributed by atoms with van der Waals surface area (Å²) in [4.78, 5) is 0. The number of rotatable bonds is 1. The van der Waals surface area contributed by atoms with Crippen LogP contribution >= 0.6 is 0 Å². The Morgan fingerprint density at radius 2 is 1.92 bits per heavy atom. The number of aryl methyl sites for hydroxylation is 1. The van der Waals surface area contributed by atoms with E-state index in [1.54, 1.807) is 13.8 Å². The van der Waals surface area contributed by atoms with E-state index in [-0.39, 0.29) is 0 Å². The fourth-order valence-corrected chi connectivity index (χ4v) is 1.59. The molecule has 0 aliphatic rings. The molecule has 0 spiro atoms. The summed E-state index contributed by atoms with van der Waals surface area (Å²) in [5, 5.41) is 8.52. The predicted octanol–water partition coefficient (Wildman–Crippen LogP) is -0.866. The normalized spacial score (nSPS) is 11.9. The number of nitrogens with two attached hydrogens (primary N) is 2. The summed E-state index contributed by atoms with van der Waals surface area (Å²) < 4.78 is 22.4. The molecule has 1 aromatic rings. The lowest BCUT2D eigenvalue weighted by Gasteiger charge is -1.98. The SMILES string of the molecule is Cc1nn(S(N)(=O)=O)c(C)c1N. The quantitative estimate of drug-likeness (QED) is 0.600. The summed E-state index contributed by atoms with van der Waals surface area (Å²) in [5.74, 6) is 0. The minimum absolute atomic E-state index is 0.343. The van der Waals surface area contributed by atoms with Crippen molar-refractivity contribution in [3.05, 3.63) is 11.4 Å². The van der Waals surface area contributed by atoms with Crippen LogP contribution in [0.25, 0.3) is 0 Å². The van der Waals surface area contributed by atoms with Crippen molar-refractivity contribution in [1.29, 1.82) is 0 Å². The fraction of sp³-hybridized carbons (Fsp3) is 0.400. The Bertz CT molecular complexity index is 405. The molecular formula is C5H10N4O2S. The van der Waals surface area contributed by atoms with Gasteiger partial charge in [0, 0.05) is 0 Å². The topological polar surface area (TPSA) is 104 Å². The van der Waals surface area contributed by atoms with Gasteiger partial charge in [-0.25, -0.2) is 5.14 Å². The van der Waals surface area contributed by atoms with E-state index in [9.17, 15) is 8.42 Å². The molecule has 1 aromatic heterocycles. The molecule has 7 heteroatoms. The molecule has 0 unspecified atom stereocenters. The minimum Gasteiger partial charge on any atom is -0.396 e. The smallest absolute Gasteiger partial charge is 0.318 e. The monoisotopic (exact) mass is 190 g/mol. The van der Waals surface area contributed by atoms with Crippen molar-refractivity contribution in [3.63, 3.8) is 0 Å². The number of aromatic nitrogens is 2. The zero-order chi connectivity index (χ0) is 9.52. The van der Waals surface area contributed by atoms with Gasteiger partial charge >= 0.3 is 10.2 Å². The van der Waals surface area contributed by atoms with Gasteiger partial charge in [0.05, 0.1) is 17.1 Å². The molecule has 4 N–H and O–H groups in total. The number of nitrogens with zero attached hydrogens (tertiary/aromatic N) is 2. The summed E-state index contributed by atoms with van der Waals surface area (Å²) in [6, 6.07) is 0. The number of hydrogen-bond donors (Lipinski definition) is 2. The van der Waals surface area contributed by atoms with E-state index in [1.807, 2.05) is 0 Å². The van der Waals surface area contributed by atoms with Crippen molar-refractivity contribution in [2.45, 2.75) is 13.8 Å². The molecule has 0 saturated carbocycles. The molecule has 0 saturated heterocycles. The lowest BCUT2D eigenvalue weighted by Crippen LogP contribution is -2.24. The third-order valence-corrected chi connectivity index (χ3v) is 2.39. The summed E-state index contributed by atoms with van der Waals surface area (Å²) in [6.45, 7) is 3.16. The Hall–Kier alpha value is -1.08. The van der Waals surface area contributed by atoms with Crippen LogP contribution in [0.5, 0.6) is 0 Å². The van der Waals surface area contributed by atoms with Crippen molar-refractivity contribution >= 4 is 15.9 Å². The van der Waals surface area contributed by atoms with Gasteiger partial charge in [-0.05, 0) is 13.8 Å². The zero-order valence-corrected chi connectivity index (χ0v) is 7.59. The first-order chi connectivity index (χ1) is 5.34. The predicted molar refractivity (Wildman–Crippen MR) is 44.6 cm³/mol. The third-order valence-electron chi connectivity index (χ3n) is 1.55. The molecule has 1 rings (SSSR count). The summed E-state index contributed by atoms with van der Waals surface area (Å²) in [7, 11) is -3.81. The van der Waals surface area contributed by atoms with Gasteiger partial charge in [0.15, 0.2) is 0 Å². The van der Waals surface area contributed by atoms with Crippen LogP contribution in [0.4, 0.5) is 5.69 Å². The number of hydrogen-bond acceptors (Lipinski definition) is 4. The van der Waals surface area contributed by atoms with Gasteiger partial charge in [-0.1, -0.05) is 0 Å². The Kier molecular flexibility index (Phi) is 1.85. The van der Waals surface area contributed by atoms with E-state index in [0.29, 0.717) is 17.1 Å². The van der Waals surface area contributed by atoms with E-state index in [4.69, 9.17) is 10.9 Å².